The van der Waals surface area contributed by atoms with E-state index in [0.717, 1.165) is 4.57 Å². The zero-order valence-corrected chi connectivity index (χ0v) is 13.1. The molecule has 0 aliphatic carbocycles. The molecular weight excluding hydrogens is 308 g/mol. The van der Waals surface area contributed by atoms with Crippen molar-refractivity contribution in [1.82, 2.24) is 9.13 Å². The van der Waals surface area contributed by atoms with Gasteiger partial charge in [0.1, 0.15) is 29.8 Å². The van der Waals surface area contributed by atoms with Crippen molar-refractivity contribution in [2.75, 3.05) is 30.1 Å². The number of ether oxygens (including phenoxy) is 1. The molecule has 3 heterocycles. The highest BCUT2D eigenvalue weighted by Crippen LogP contribution is 2.36. The van der Waals surface area contributed by atoms with Crippen LogP contribution in [-0.4, -0.2) is 69.3 Å². The van der Waals surface area contributed by atoms with Crippen LogP contribution in [0.25, 0.3) is 0 Å². The smallest absolute Gasteiger partial charge is 0.332 e. The van der Waals surface area contributed by atoms with Gasteiger partial charge < -0.3 is 29.9 Å². The van der Waals surface area contributed by atoms with Crippen molar-refractivity contribution in [3.63, 3.8) is 0 Å². The molecule has 10 heteroatoms. The molecule has 1 aromatic heterocycles. The summed E-state index contributed by atoms with van der Waals surface area (Å²) in [6.45, 7) is -0.241. The van der Waals surface area contributed by atoms with Gasteiger partial charge in [-0.05, 0) is 0 Å². The largest absolute Gasteiger partial charge is 0.394 e. The van der Waals surface area contributed by atoms with Gasteiger partial charge in [0.05, 0.1) is 13.3 Å². The number of aliphatic hydroxyl groups excluding tert-OH is 3. The summed E-state index contributed by atoms with van der Waals surface area (Å²) < 4.78 is 7.82. The maximum absolute atomic E-state index is 12.4. The molecule has 0 radical (unpaired) electrons. The molecule has 4 atom stereocenters. The van der Waals surface area contributed by atoms with E-state index >= 15 is 0 Å². The van der Waals surface area contributed by atoms with Gasteiger partial charge in [-0.25, -0.2) is 4.79 Å². The molecule has 2 aliphatic rings. The third-order valence-electron chi connectivity index (χ3n) is 4.45. The van der Waals surface area contributed by atoms with Crippen molar-refractivity contribution in [1.29, 1.82) is 0 Å². The molecule has 0 amide bonds. The van der Waals surface area contributed by atoms with Crippen LogP contribution >= 0.6 is 0 Å². The molecule has 1 fully saturated rings. The van der Waals surface area contributed by atoms with Crippen molar-refractivity contribution in [3.8, 4) is 0 Å². The Labute approximate surface area is 131 Å². The van der Waals surface area contributed by atoms with E-state index in [2.05, 4.69) is 0 Å². The van der Waals surface area contributed by atoms with E-state index in [0.29, 0.717) is 11.5 Å². The monoisotopic (exact) mass is 328 g/mol. The Morgan fingerprint density at radius 1 is 1.13 bits per heavy atom. The highest BCUT2D eigenvalue weighted by Gasteiger charge is 2.48. The number of rotatable bonds is 2. The van der Waals surface area contributed by atoms with Crippen LogP contribution in [0.2, 0.25) is 0 Å². The molecule has 0 aromatic carbocycles. The number of hydrogen-bond donors (Lipinski definition) is 3. The third kappa shape index (κ3) is 2.10. The van der Waals surface area contributed by atoms with E-state index < -0.39 is 42.4 Å². The number of aromatic nitrogens is 2. The van der Waals surface area contributed by atoms with Crippen molar-refractivity contribution < 1.29 is 20.1 Å². The average Bonchev–Trinajstić information content (AvgIpc) is 3.01. The summed E-state index contributed by atoms with van der Waals surface area (Å²) in [7, 11) is 4.61. The molecule has 1 saturated heterocycles. The SMILES string of the molecule is CN1CN([C@@H]2O[C@H](CO)[C@@H](O)[C@H]2O)c2c1c(=O)n(C)c(=O)n2C. The Kier molecular flexibility index (Phi) is 3.71. The van der Waals surface area contributed by atoms with Crippen LogP contribution in [0.4, 0.5) is 11.5 Å². The van der Waals surface area contributed by atoms with Crippen molar-refractivity contribution in [2.45, 2.75) is 24.5 Å². The van der Waals surface area contributed by atoms with E-state index in [1.54, 1.807) is 16.8 Å². The minimum atomic E-state index is -1.27. The molecule has 0 unspecified atom stereocenters. The van der Waals surface area contributed by atoms with Gasteiger partial charge in [0.25, 0.3) is 5.56 Å². The second-order valence-corrected chi connectivity index (χ2v) is 5.92. The lowest BCUT2D eigenvalue weighted by Crippen LogP contribution is -2.47. The Morgan fingerprint density at radius 3 is 2.35 bits per heavy atom. The summed E-state index contributed by atoms with van der Waals surface area (Å²) >= 11 is 0. The average molecular weight is 328 g/mol. The second-order valence-electron chi connectivity index (χ2n) is 5.92. The molecule has 3 N–H and O–H groups in total. The molecule has 2 aliphatic heterocycles. The maximum atomic E-state index is 12.4. The maximum Gasteiger partial charge on any atom is 0.332 e. The molecule has 10 nitrogen and oxygen atoms in total. The lowest BCUT2D eigenvalue weighted by molar-refractivity contribution is -0.0223. The third-order valence-corrected chi connectivity index (χ3v) is 4.45. The minimum absolute atomic E-state index is 0.203. The van der Waals surface area contributed by atoms with Gasteiger partial charge >= 0.3 is 5.69 Å². The summed E-state index contributed by atoms with van der Waals surface area (Å²) in [6, 6.07) is 0. The van der Waals surface area contributed by atoms with E-state index in [1.807, 2.05) is 0 Å². The lowest BCUT2D eigenvalue weighted by Gasteiger charge is -2.29. The molecule has 23 heavy (non-hydrogen) atoms. The number of nitrogens with zero attached hydrogens (tertiary/aromatic N) is 4. The number of aliphatic hydroxyl groups is 3. The Morgan fingerprint density at radius 2 is 1.78 bits per heavy atom. The van der Waals surface area contributed by atoms with Crippen LogP contribution in [0, 0.1) is 0 Å². The summed E-state index contributed by atoms with van der Waals surface area (Å²) in [5.41, 5.74) is -0.632. The van der Waals surface area contributed by atoms with E-state index in [1.165, 1.54) is 18.7 Å². The highest BCUT2D eigenvalue weighted by atomic mass is 16.6. The zero-order valence-electron chi connectivity index (χ0n) is 13.1. The highest BCUT2D eigenvalue weighted by molar-refractivity contribution is 5.72. The summed E-state index contributed by atoms with van der Waals surface area (Å²) in [5, 5.41) is 29.3. The quantitative estimate of drug-likeness (QED) is 0.517. The first-order valence-corrected chi connectivity index (χ1v) is 7.19. The normalized spacial score (nSPS) is 30.2. The van der Waals surface area contributed by atoms with Gasteiger partial charge in [0, 0.05) is 21.1 Å². The Hall–Kier alpha value is -1.88. The van der Waals surface area contributed by atoms with Gasteiger partial charge in [-0.15, -0.1) is 0 Å². The Balaban J connectivity index is 2.11. The number of anilines is 2. The van der Waals surface area contributed by atoms with Crippen LogP contribution in [0.15, 0.2) is 9.59 Å². The van der Waals surface area contributed by atoms with Crippen LogP contribution in [0.1, 0.15) is 0 Å². The fourth-order valence-corrected chi connectivity index (χ4v) is 3.18. The van der Waals surface area contributed by atoms with Gasteiger partial charge in [0.15, 0.2) is 6.23 Å². The molecule has 0 saturated carbocycles. The van der Waals surface area contributed by atoms with E-state index in [-0.39, 0.29) is 6.67 Å². The second kappa shape index (κ2) is 5.34. The minimum Gasteiger partial charge on any atom is -0.394 e. The number of hydrogen-bond acceptors (Lipinski definition) is 8. The molecular formula is C13H20N4O6. The van der Waals surface area contributed by atoms with Gasteiger partial charge in [-0.1, -0.05) is 0 Å². The summed E-state index contributed by atoms with van der Waals surface area (Å²) in [6.07, 6.45) is -4.41. The van der Waals surface area contributed by atoms with Gasteiger partial charge in [0.2, 0.25) is 0 Å². The zero-order chi connectivity index (χ0) is 17.0. The van der Waals surface area contributed by atoms with Crippen LogP contribution in [0.5, 0.6) is 0 Å². The molecule has 128 valence electrons. The van der Waals surface area contributed by atoms with E-state index in [4.69, 9.17) is 4.74 Å². The van der Waals surface area contributed by atoms with Crippen LogP contribution in [-0.2, 0) is 18.8 Å². The first kappa shape index (κ1) is 16.0. The van der Waals surface area contributed by atoms with E-state index in [9.17, 15) is 24.9 Å². The molecule has 1 aromatic rings. The van der Waals surface area contributed by atoms with Gasteiger partial charge in [-0.2, -0.15) is 0 Å². The summed E-state index contributed by atoms with van der Waals surface area (Å²) in [4.78, 5) is 27.7. The predicted octanol–water partition coefficient (Wildman–Crippen LogP) is -3.26. The predicted molar refractivity (Wildman–Crippen MR) is 80.4 cm³/mol. The van der Waals surface area contributed by atoms with Gasteiger partial charge in [-0.3, -0.25) is 13.9 Å². The first-order valence-electron chi connectivity index (χ1n) is 7.19. The van der Waals surface area contributed by atoms with Crippen molar-refractivity contribution in [3.05, 3.63) is 20.8 Å². The standard InChI is InChI=1S/C13H20N4O6/c1-14-5-17(12-9(20)8(19)6(4-18)23-12)10-7(14)11(21)16(3)13(22)15(10)2/h6,8-9,12,18-20H,4-5H2,1-3H3/t6-,8-,9-,12-/m1/s1. The topological polar surface area (TPSA) is 120 Å². The molecule has 3 rings (SSSR count). The van der Waals surface area contributed by atoms with Crippen LogP contribution < -0.4 is 21.0 Å². The fourth-order valence-electron chi connectivity index (χ4n) is 3.18. The number of fused-ring (bicyclic) bond motifs is 1. The molecule has 0 bridgehead atoms. The lowest BCUT2D eigenvalue weighted by atomic mass is 10.1. The first-order chi connectivity index (χ1) is 10.8. The van der Waals surface area contributed by atoms with Crippen molar-refractivity contribution in [2.24, 2.45) is 14.1 Å². The Bertz CT molecular complexity index is 743. The molecule has 0 spiro atoms. The van der Waals surface area contributed by atoms with Crippen molar-refractivity contribution >= 4 is 11.5 Å². The fraction of sp³-hybridized carbons (Fsp3) is 0.692. The van der Waals surface area contributed by atoms with Crippen LogP contribution in [0.3, 0.4) is 0 Å². The summed E-state index contributed by atoms with van der Waals surface area (Å²) in [5.74, 6) is 0.315.